The predicted octanol–water partition coefficient (Wildman–Crippen LogP) is 1.38. The monoisotopic (exact) mass is 228 g/mol. The third-order valence-corrected chi connectivity index (χ3v) is 4.49. The molecule has 1 saturated heterocycles. The smallest absolute Gasteiger partial charge is 0.153 e. The Hall–Kier alpha value is -1.10. The molecule has 0 N–H and O–H groups in total. The highest BCUT2D eigenvalue weighted by Gasteiger charge is 2.27. The van der Waals surface area contributed by atoms with Gasteiger partial charge in [0.2, 0.25) is 0 Å². The van der Waals surface area contributed by atoms with Crippen LogP contribution < -0.4 is 0 Å². The maximum absolute atomic E-state index is 11.2. The van der Waals surface area contributed by atoms with Crippen molar-refractivity contribution in [1.29, 1.82) is 0 Å². The molecule has 1 fully saturated rings. The van der Waals surface area contributed by atoms with Gasteiger partial charge in [-0.2, -0.15) is 0 Å². The zero-order chi connectivity index (χ0) is 10.9. The zero-order valence-electron chi connectivity index (χ0n) is 8.18. The number of rotatable bonds is 2. The van der Waals surface area contributed by atoms with Gasteiger partial charge in [0.15, 0.2) is 6.29 Å². The van der Waals surface area contributed by atoms with Gasteiger partial charge in [-0.15, -0.1) is 0 Å². The summed E-state index contributed by atoms with van der Waals surface area (Å²) in [6.07, 6.45) is 3.33. The molecule has 15 heavy (non-hydrogen) atoms. The average molecular weight is 228 g/mol. The van der Waals surface area contributed by atoms with Crippen molar-refractivity contribution in [3.8, 4) is 0 Å². The molecule has 1 aromatic heterocycles. The molecule has 1 aliphatic heterocycles. The molecule has 4 nitrogen and oxygen atoms in total. The number of carbonyl (C=O) groups excluding carboxylic acids is 1. The van der Waals surface area contributed by atoms with Crippen LogP contribution in [0.1, 0.15) is 34.9 Å². The molecule has 0 spiro atoms. The van der Waals surface area contributed by atoms with Crippen LogP contribution in [0.25, 0.3) is 0 Å². The molecule has 0 aromatic carbocycles. The van der Waals surface area contributed by atoms with Crippen molar-refractivity contribution >= 4 is 16.1 Å². The summed E-state index contributed by atoms with van der Waals surface area (Å²) in [6.45, 7) is 0. The van der Waals surface area contributed by atoms with Crippen LogP contribution in [0.3, 0.4) is 0 Å². The molecule has 82 valence electrons. The Labute approximate surface area is 88.2 Å². The molecule has 0 bridgehead atoms. The van der Waals surface area contributed by atoms with E-state index in [1.165, 1.54) is 6.26 Å². The van der Waals surface area contributed by atoms with Gasteiger partial charge in [-0.25, -0.2) is 8.42 Å². The Morgan fingerprint density at radius 1 is 1.33 bits per heavy atom. The number of hydrogen-bond donors (Lipinski definition) is 0. The van der Waals surface area contributed by atoms with Crippen molar-refractivity contribution in [2.75, 3.05) is 11.5 Å². The maximum atomic E-state index is 11.2. The molecule has 0 radical (unpaired) electrons. The van der Waals surface area contributed by atoms with Crippen LogP contribution in [-0.4, -0.2) is 26.2 Å². The number of aldehydes is 1. The van der Waals surface area contributed by atoms with Gasteiger partial charge in [0.05, 0.1) is 23.3 Å². The molecular formula is C10H12O4S. The van der Waals surface area contributed by atoms with Crippen molar-refractivity contribution in [3.63, 3.8) is 0 Å². The zero-order valence-corrected chi connectivity index (χ0v) is 9.00. The van der Waals surface area contributed by atoms with E-state index in [1.807, 2.05) is 0 Å². The topological polar surface area (TPSA) is 64.3 Å². The fourth-order valence-electron chi connectivity index (χ4n) is 1.91. The van der Waals surface area contributed by atoms with Gasteiger partial charge in [0.25, 0.3) is 0 Å². The molecule has 0 saturated carbocycles. The Morgan fingerprint density at radius 2 is 2.00 bits per heavy atom. The van der Waals surface area contributed by atoms with Gasteiger partial charge in [-0.05, 0) is 18.9 Å². The van der Waals surface area contributed by atoms with Crippen LogP contribution in [0.2, 0.25) is 0 Å². The maximum Gasteiger partial charge on any atom is 0.153 e. The first-order chi connectivity index (χ1) is 7.12. The molecule has 2 heterocycles. The van der Waals surface area contributed by atoms with E-state index in [4.69, 9.17) is 4.42 Å². The Bertz CT molecular complexity index is 444. The Balaban J connectivity index is 2.17. The molecule has 0 unspecified atom stereocenters. The minimum atomic E-state index is -2.86. The molecule has 1 aromatic rings. The van der Waals surface area contributed by atoms with Gasteiger partial charge in [0.1, 0.15) is 15.6 Å². The second-order valence-corrected chi connectivity index (χ2v) is 6.09. The molecule has 5 heteroatoms. The largest absolute Gasteiger partial charge is 0.468 e. The van der Waals surface area contributed by atoms with Gasteiger partial charge in [0, 0.05) is 5.92 Å². The van der Waals surface area contributed by atoms with Crippen molar-refractivity contribution in [2.45, 2.75) is 18.8 Å². The molecule has 0 aliphatic carbocycles. The quantitative estimate of drug-likeness (QED) is 0.717. The Morgan fingerprint density at radius 3 is 2.60 bits per heavy atom. The summed E-state index contributed by atoms with van der Waals surface area (Å²) in [5.74, 6) is 1.09. The van der Waals surface area contributed by atoms with E-state index in [-0.39, 0.29) is 17.4 Å². The van der Waals surface area contributed by atoms with E-state index >= 15 is 0 Å². The van der Waals surface area contributed by atoms with E-state index in [9.17, 15) is 13.2 Å². The third-order valence-electron chi connectivity index (χ3n) is 2.78. The first-order valence-electron chi connectivity index (χ1n) is 4.85. The number of sulfone groups is 1. The molecular weight excluding hydrogens is 216 g/mol. The van der Waals surface area contributed by atoms with Crippen LogP contribution in [0.4, 0.5) is 0 Å². The second kappa shape index (κ2) is 3.81. The van der Waals surface area contributed by atoms with Crippen LogP contribution >= 0.6 is 0 Å². The van der Waals surface area contributed by atoms with Crippen molar-refractivity contribution < 1.29 is 17.6 Å². The fourth-order valence-corrected chi connectivity index (χ4v) is 3.40. The molecule has 0 amide bonds. The lowest BCUT2D eigenvalue weighted by atomic mass is 9.97. The van der Waals surface area contributed by atoms with Crippen LogP contribution in [0.5, 0.6) is 0 Å². The lowest BCUT2D eigenvalue weighted by molar-refractivity contribution is 0.112. The van der Waals surface area contributed by atoms with E-state index in [2.05, 4.69) is 0 Å². The number of hydrogen-bond acceptors (Lipinski definition) is 4. The number of carbonyl (C=O) groups is 1. The normalized spacial score (nSPS) is 21.3. The average Bonchev–Trinajstić information content (AvgIpc) is 2.65. The second-order valence-electron chi connectivity index (χ2n) is 3.78. The first-order valence-corrected chi connectivity index (χ1v) is 6.67. The van der Waals surface area contributed by atoms with Crippen molar-refractivity contribution in [1.82, 2.24) is 0 Å². The van der Waals surface area contributed by atoms with Gasteiger partial charge in [-0.1, -0.05) is 0 Å². The molecule has 1 aliphatic rings. The van der Waals surface area contributed by atoms with Crippen LogP contribution in [0.15, 0.2) is 16.7 Å². The van der Waals surface area contributed by atoms with Crippen LogP contribution in [0, 0.1) is 0 Å². The predicted molar refractivity (Wildman–Crippen MR) is 54.7 cm³/mol. The van der Waals surface area contributed by atoms with Gasteiger partial charge in [-0.3, -0.25) is 4.79 Å². The fraction of sp³-hybridized carbons (Fsp3) is 0.500. The van der Waals surface area contributed by atoms with Gasteiger partial charge >= 0.3 is 0 Å². The molecule has 0 atom stereocenters. The lowest BCUT2D eigenvalue weighted by Crippen LogP contribution is -2.22. The summed E-state index contributed by atoms with van der Waals surface area (Å²) >= 11 is 0. The summed E-state index contributed by atoms with van der Waals surface area (Å²) in [5.41, 5.74) is 0.541. The number of furan rings is 1. The van der Waals surface area contributed by atoms with E-state index in [1.54, 1.807) is 6.07 Å². The highest BCUT2D eigenvalue weighted by atomic mass is 32.2. The molecule has 2 rings (SSSR count). The Kier molecular flexibility index (Phi) is 2.65. The SMILES string of the molecule is O=Cc1ccoc1C1CCS(=O)(=O)CC1. The minimum absolute atomic E-state index is 0.0729. The van der Waals surface area contributed by atoms with E-state index in [0.29, 0.717) is 24.2 Å². The highest BCUT2D eigenvalue weighted by molar-refractivity contribution is 7.91. The summed E-state index contributed by atoms with van der Waals surface area (Å²) in [7, 11) is -2.86. The minimum Gasteiger partial charge on any atom is -0.468 e. The standard InChI is InChI=1S/C10H12O4S/c11-7-9-1-4-14-10(9)8-2-5-15(12,13)6-3-8/h1,4,7-8H,2-3,5-6H2. The van der Waals surface area contributed by atoms with E-state index in [0.717, 1.165) is 6.29 Å². The van der Waals surface area contributed by atoms with Crippen molar-refractivity contribution in [2.24, 2.45) is 0 Å². The highest BCUT2D eigenvalue weighted by Crippen LogP contribution is 2.31. The third kappa shape index (κ3) is 2.12. The summed E-state index contributed by atoms with van der Waals surface area (Å²) in [5, 5.41) is 0. The van der Waals surface area contributed by atoms with E-state index < -0.39 is 9.84 Å². The van der Waals surface area contributed by atoms with Crippen molar-refractivity contribution in [3.05, 3.63) is 23.7 Å². The van der Waals surface area contributed by atoms with Gasteiger partial charge < -0.3 is 4.42 Å². The summed E-state index contributed by atoms with van der Waals surface area (Å²) < 4.78 is 27.7. The van der Waals surface area contributed by atoms with Crippen LogP contribution in [-0.2, 0) is 9.84 Å². The first kappa shape index (κ1) is 10.4. The summed E-state index contributed by atoms with van der Waals surface area (Å²) in [6, 6.07) is 1.62. The lowest BCUT2D eigenvalue weighted by Gasteiger charge is -2.20. The summed E-state index contributed by atoms with van der Waals surface area (Å²) in [4.78, 5) is 10.7.